The van der Waals surface area contributed by atoms with Gasteiger partial charge < -0.3 is 4.40 Å². The van der Waals surface area contributed by atoms with E-state index in [0.29, 0.717) is 0 Å². The molecule has 3 aromatic rings. The molecule has 0 atom stereocenters. The summed E-state index contributed by atoms with van der Waals surface area (Å²) in [5.74, 6) is 0. The number of hydrogen-bond acceptors (Lipinski definition) is 1. The Morgan fingerprint density at radius 1 is 1.07 bits per heavy atom. The summed E-state index contributed by atoms with van der Waals surface area (Å²) >= 11 is 0. The molecule has 0 amide bonds. The van der Waals surface area contributed by atoms with Crippen LogP contribution in [0.1, 0.15) is 11.3 Å². The van der Waals surface area contributed by atoms with Crippen molar-refractivity contribution in [2.24, 2.45) is 0 Å². The van der Waals surface area contributed by atoms with E-state index in [9.17, 15) is 0 Å². The van der Waals surface area contributed by atoms with Gasteiger partial charge in [0.1, 0.15) is 5.65 Å². The lowest BCUT2D eigenvalue weighted by Gasteiger charge is -2.05. The van der Waals surface area contributed by atoms with Crippen molar-refractivity contribution in [3.05, 3.63) is 47.9 Å². The molecule has 0 fully saturated rings. The molecule has 0 N–H and O–H groups in total. The quantitative estimate of drug-likeness (QED) is 0.540. The predicted molar refractivity (Wildman–Crippen MR) is 62.2 cm³/mol. The SMILES string of the molecule is Cc1cn2c(C)cnc2c2ccccc12. The van der Waals surface area contributed by atoms with E-state index in [0.717, 1.165) is 5.65 Å². The average Bonchev–Trinajstić information content (AvgIpc) is 2.62. The fourth-order valence-corrected chi connectivity index (χ4v) is 2.09. The smallest absolute Gasteiger partial charge is 0.144 e. The number of benzene rings is 1. The van der Waals surface area contributed by atoms with Crippen LogP contribution in [0, 0.1) is 13.8 Å². The van der Waals surface area contributed by atoms with Crippen molar-refractivity contribution in [1.82, 2.24) is 9.38 Å². The monoisotopic (exact) mass is 196 g/mol. The molecule has 2 heterocycles. The highest BCUT2D eigenvalue weighted by Gasteiger charge is 2.05. The van der Waals surface area contributed by atoms with Gasteiger partial charge >= 0.3 is 0 Å². The molecule has 0 bridgehead atoms. The standard InChI is InChI=1S/C13H12N2/c1-9-8-15-10(2)7-14-13(15)12-6-4-3-5-11(9)12/h3-8H,1-2H3. The maximum Gasteiger partial charge on any atom is 0.144 e. The van der Waals surface area contributed by atoms with E-state index in [1.807, 2.05) is 6.20 Å². The van der Waals surface area contributed by atoms with Crippen LogP contribution in [0.4, 0.5) is 0 Å². The zero-order valence-corrected chi connectivity index (χ0v) is 8.86. The van der Waals surface area contributed by atoms with E-state index in [2.05, 4.69) is 53.7 Å². The Hall–Kier alpha value is -1.83. The highest BCUT2D eigenvalue weighted by Crippen LogP contribution is 2.22. The molecule has 3 rings (SSSR count). The van der Waals surface area contributed by atoms with Gasteiger partial charge in [-0.3, -0.25) is 0 Å². The van der Waals surface area contributed by atoms with E-state index in [1.165, 1.54) is 22.0 Å². The van der Waals surface area contributed by atoms with Crippen LogP contribution in [0.5, 0.6) is 0 Å². The molecule has 0 spiro atoms. The molecule has 15 heavy (non-hydrogen) atoms. The van der Waals surface area contributed by atoms with Crippen LogP contribution in [0.2, 0.25) is 0 Å². The van der Waals surface area contributed by atoms with Gasteiger partial charge in [-0.25, -0.2) is 4.98 Å². The second-order valence-electron chi connectivity index (χ2n) is 3.95. The van der Waals surface area contributed by atoms with Crippen LogP contribution < -0.4 is 0 Å². The number of nitrogens with zero attached hydrogens (tertiary/aromatic N) is 2. The lowest BCUT2D eigenvalue weighted by atomic mass is 10.1. The zero-order valence-electron chi connectivity index (χ0n) is 8.86. The van der Waals surface area contributed by atoms with Gasteiger partial charge in [-0.15, -0.1) is 0 Å². The summed E-state index contributed by atoms with van der Waals surface area (Å²) in [6.45, 7) is 4.22. The number of hydrogen-bond donors (Lipinski definition) is 0. The molecular formula is C13H12N2. The van der Waals surface area contributed by atoms with Crippen LogP contribution in [-0.4, -0.2) is 9.38 Å². The van der Waals surface area contributed by atoms with Gasteiger partial charge in [0.2, 0.25) is 0 Å². The van der Waals surface area contributed by atoms with Crippen LogP contribution in [0.25, 0.3) is 16.4 Å². The number of fused-ring (bicyclic) bond motifs is 3. The second kappa shape index (κ2) is 2.83. The Morgan fingerprint density at radius 2 is 1.80 bits per heavy atom. The molecule has 74 valence electrons. The molecule has 0 aliphatic heterocycles. The first-order chi connectivity index (χ1) is 7.27. The Balaban J connectivity index is 2.65. The highest BCUT2D eigenvalue weighted by atomic mass is 15.0. The molecule has 0 aliphatic rings. The van der Waals surface area contributed by atoms with Gasteiger partial charge in [-0.2, -0.15) is 0 Å². The van der Waals surface area contributed by atoms with E-state index >= 15 is 0 Å². The highest BCUT2D eigenvalue weighted by molar-refractivity contribution is 5.95. The maximum atomic E-state index is 4.45. The summed E-state index contributed by atoms with van der Waals surface area (Å²) in [5.41, 5.74) is 3.52. The van der Waals surface area contributed by atoms with Crippen LogP contribution in [0.15, 0.2) is 36.7 Å². The summed E-state index contributed by atoms with van der Waals surface area (Å²) in [6, 6.07) is 8.41. The van der Waals surface area contributed by atoms with Crippen LogP contribution in [-0.2, 0) is 0 Å². The van der Waals surface area contributed by atoms with Crippen LogP contribution >= 0.6 is 0 Å². The summed E-state index contributed by atoms with van der Waals surface area (Å²) in [7, 11) is 0. The maximum absolute atomic E-state index is 4.45. The lowest BCUT2D eigenvalue weighted by Crippen LogP contribution is -1.91. The Labute approximate surface area is 88.2 Å². The second-order valence-corrected chi connectivity index (χ2v) is 3.95. The minimum atomic E-state index is 1.05. The third-order valence-electron chi connectivity index (χ3n) is 2.90. The Morgan fingerprint density at radius 3 is 2.60 bits per heavy atom. The number of pyridine rings is 1. The van der Waals surface area contributed by atoms with Gasteiger partial charge in [0.25, 0.3) is 0 Å². The van der Waals surface area contributed by atoms with Gasteiger partial charge in [0.15, 0.2) is 0 Å². The first-order valence-electron chi connectivity index (χ1n) is 5.09. The summed E-state index contributed by atoms with van der Waals surface area (Å²) < 4.78 is 2.15. The molecule has 0 unspecified atom stereocenters. The van der Waals surface area contributed by atoms with E-state index in [4.69, 9.17) is 0 Å². The minimum absolute atomic E-state index is 1.05. The largest absolute Gasteiger partial charge is 0.304 e. The van der Waals surface area contributed by atoms with E-state index < -0.39 is 0 Å². The van der Waals surface area contributed by atoms with Crippen molar-refractivity contribution in [3.63, 3.8) is 0 Å². The normalized spacial score (nSPS) is 11.3. The molecule has 0 radical (unpaired) electrons. The Bertz CT molecular complexity index is 650. The van der Waals surface area contributed by atoms with E-state index in [-0.39, 0.29) is 0 Å². The minimum Gasteiger partial charge on any atom is -0.304 e. The zero-order chi connectivity index (χ0) is 10.4. The Kier molecular flexibility index (Phi) is 1.60. The fraction of sp³-hybridized carbons (Fsp3) is 0.154. The molecule has 2 aromatic heterocycles. The van der Waals surface area contributed by atoms with Gasteiger partial charge in [0.05, 0.1) is 0 Å². The first kappa shape index (κ1) is 8.48. The molecule has 2 heteroatoms. The molecule has 0 saturated heterocycles. The van der Waals surface area contributed by atoms with Crippen molar-refractivity contribution in [3.8, 4) is 0 Å². The van der Waals surface area contributed by atoms with Gasteiger partial charge in [-0.05, 0) is 24.8 Å². The molecule has 2 nitrogen and oxygen atoms in total. The predicted octanol–water partition coefficient (Wildman–Crippen LogP) is 3.10. The first-order valence-corrected chi connectivity index (χ1v) is 5.09. The average molecular weight is 196 g/mol. The third-order valence-corrected chi connectivity index (χ3v) is 2.90. The molecule has 0 aliphatic carbocycles. The van der Waals surface area contributed by atoms with Crippen molar-refractivity contribution in [1.29, 1.82) is 0 Å². The molecule has 0 saturated carbocycles. The molecule has 1 aromatic carbocycles. The van der Waals surface area contributed by atoms with Crippen molar-refractivity contribution in [2.45, 2.75) is 13.8 Å². The number of aromatic nitrogens is 2. The van der Waals surface area contributed by atoms with Crippen molar-refractivity contribution >= 4 is 16.4 Å². The van der Waals surface area contributed by atoms with E-state index in [1.54, 1.807) is 0 Å². The van der Waals surface area contributed by atoms with Crippen LogP contribution in [0.3, 0.4) is 0 Å². The van der Waals surface area contributed by atoms with Crippen molar-refractivity contribution < 1.29 is 0 Å². The number of rotatable bonds is 0. The summed E-state index contributed by atoms with van der Waals surface area (Å²) in [5, 5.41) is 2.52. The van der Waals surface area contributed by atoms with Gasteiger partial charge in [-0.1, -0.05) is 24.3 Å². The summed E-state index contributed by atoms with van der Waals surface area (Å²) in [6.07, 6.45) is 4.07. The molecular weight excluding hydrogens is 184 g/mol. The number of imidazole rings is 1. The lowest BCUT2D eigenvalue weighted by molar-refractivity contribution is 1.10. The fourth-order valence-electron chi connectivity index (χ4n) is 2.09. The summed E-state index contributed by atoms with van der Waals surface area (Å²) in [4.78, 5) is 4.45. The van der Waals surface area contributed by atoms with Gasteiger partial charge in [0, 0.05) is 23.5 Å². The topological polar surface area (TPSA) is 17.3 Å². The van der Waals surface area contributed by atoms with Crippen molar-refractivity contribution in [2.75, 3.05) is 0 Å². The third kappa shape index (κ3) is 1.08. The number of aryl methyl sites for hydroxylation is 2.